The highest BCUT2D eigenvalue weighted by atomic mass is 16.7. The van der Waals surface area contributed by atoms with Gasteiger partial charge in [0.15, 0.2) is 11.5 Å². The summed E-state index contributed by atoms with van der Waals surface area (Å²) in [6.45, 7) is 22.0. The van der Waals surface area contributed by atoms with Crippen molar-refractivity contribution in [1.29, 1.82) is 0 Å². The van der Waals surface area contributed by atoms with E-state index in [1.54, 1.807) is 0 Å². The number of ether oxygens (including phenoxy) is 2. The van der Waals surface area contributed by atoms with E-state index in [4.69, 9.17) is 14.5 Å². The predicted molar refractivity (Wildman–Crippen MR) is 216 cm³/mol. The molecule has 3 aromatic carbocycles. The van der Waals surface area contributed by atoms with Crippen LogP contribution in [0, 0.1) is 12.8 Å². The van der Waals surface area contributed by atoms with Crippen molar-refractivity contribution in [3.05, 3.63) is 101 Å². The smallest absolute Gasteiger partial charge is 0.247 e. The standard InChI is InChI=1S/C28H28N2O3.C8H18.C7H16.C2H6/c1-4-23(20(3)28(31)29-17-21-11-7-5-8-12-21)27(22-13-9-6-10-14-22)30-24-16-26-25(15-19(24)2)32-18-33-26;1-4-6-8(3)7-5-2;1-3-5-7-6-4-2;1-2/h5-16H,4,17-18H2,1-3H3,(H,29,31);8H,4-7H2,1-3H3;3-7H2,1-2H3;1-2H3/b23-20+,30-27?;;;. The molecule has 0 radical (unpaired) electrons. The summed E-state index contributed by atoms with van der Waals surface area (Å²) in [5.74, 6) is 2.29. The van der Waals surface area contributed by atoms with Crippen LogP contribution in [-0.2, 0) is 11.3 Å². The SMILES string of the molecule is CC.CC/C(C(=Nc1cc2c(cc1C)OCO2)c1ccccc1)=C(/C)C(=O)NCc1ccccc1.CCCC(C)CCC.CCCCCCC. The van der Waals surface area contributed by atoms with E-state index in [-0.39, 0.29) is 12.7 Å². The molecule has 5 heteroatoms. The Hall–Kier alpha value is -3.86. The molecule has 276 valence electrons. The molecule has 0 saturated heterocycles. The third-order valence-electron chi connectivity index (χ3n) is 8.47. The second-order valence-electron chi connectivity index (χ2n) is 12.7. The number of carbonyl (C=O) groups excluding carboxylic acids is 1. The minimum Gasteiger partial charge on any atom is -0.454 e. The van der Waals surface area contributed by atoms with Gasteiger partial charge in [0, 0.05) is 23.7 Å². The lowest BCUT2D eigenvalue weighted by Gasteiger charge is -2.15. The number of carbonyl (C=O) groups is 1. The highest BCUT2D eigenvalue weighted by Gasteiger charge is 2.19. The molecule has 1 N–H and O–H groups in total. The molecular weight excluding hydrogens is 617 g/mol. The van der Waals surface area contributed by atoms with Crippen LogP contribution in [0.4, 0.5) is 5.69 Å². The van der Waals surface area contributed by atoms with E-state index >= 15 is 0 Å². The molecule has 50 heavy (non-hydrogen) atoms. The van der Waals surface area contributed by atoms with Crippen LogP contribution in [0.3, 0.4) is 0 Å². The zero-order valence-electron chi connectivity index (χ0n) is 33.2. The lowest BCUT2D eigenvalue weighted by Crippen LogP contribution is -2.25. The Morgan fingerprint density at radius 1 is 0.780 bits per heavy atom. The summed E-state index contributed by atoms with van der Waals surface area (Å²) in [6.07, 6.45) is 13.2. The average Bonchev–Trinajstić information content (AvgIpc) is 3.60. The summed E-state index contributed by atoms with van der Waals surface area (Å²) in [5.41, 5.74) is 6.15. The van der Waals surface area contributed by atoms with Crippen LogP contribution in [0.25, 0.3) is 0 Å². The predicted octanol–water partition coefficient (Wildman–Crippen LogP) is 13.1. The molecule has 0 fully saturated rings. The van der Waals surface area contributed by atoms with Gasteiger partial charge < -0.3 is 14.8 Å². The first-order valence-electron chi connectivity index (χ1n) is 19.4. The molecule has 1 heterocycles. The van der Waals surface area contributed by atoms with Gasteiger partial charge in [-0.3, -0.25) is 4.79 Å². The Kier molecular flexibility index (Phi) is 23.8. The highest BCUT2D eigenvalue weighted by molar-refractivity contribution is 6.17. The fourth-order valence-corrected chi connectivity index (χ4v) is 5.64. The normalized spacial score (nSPS) is 12.0. The number of nitrogens with one attached hydrogen (secondary N) is 1. The van der Waals surface area contributed by atoms with Crippen molar-refractivity contribution in [2.75, 3.05) is 6.79 Å². The summed E-state index contributed by atoms with van der Waals surface area (Å²) in [4.78, 5) is 18.1. The molecule has 0 saturated carbocycles. The number of nitrogens with zero attached hydrogens (tertiary/aromatic N) is 1. The van der Waals surface area contributed by atoms with Gasteiger partial charge in [0.2, 0.25) is 12.7 Å². The molecule has 1 aliphatic heterocycles. The first-order chi connectivity index (χ1) is 24.3. The molecule has 0 unspecified atom stereocenters. The van der Waals surface area contributed by atoms with E-state index in [0.717, 1.165) is 45.3 Å². The minimum absolute atomic E-state index is 0.0956. The Bertz CT molecular complexity index is 1390. The maximum absolute atomic E-state index is 13.1. The number of aliphatic imine (C=N–C) groups is 1. The lowest BCUT2D eigenvalue weighted by atomic mass is 9.95. The molecule has 4 rings (SSSR count). The molecule has 0 aliphatic carbocycles. The number of fused-ring (bicyclic) bond motifs is 1. The van der Waals surface area contributed by atoms with Crippen LogP contribution in [0.1, 0.15) is 143 Å². The molecule has 5 nitrogen and oxygen atoms in total. The molecule has 0 bridgehead atoms. The Labute approximate surface area is 306 Å². The second kappa shape index (κ2) is 26.9. The molecule has 1 aliphatic rings. The van der Waals surface area contributed by atoms with Crippen molar-refractivity contribution in [2.24, 2.45) is 10.9 Å². The zero-order valence-corrected chi connectivity index (χ0v) is 33.2. The van der Waals surface area contributed by atoms with Gasteiger partial charge in [-0.2, -0.15) is 0 Å². The van der Waals surface area contributed by atoms with Gasteiger partial charge in [-0.1, -0.05) is 174 Å². The van der Waals surface area contributed by atoms with Crippen molar-refractivity contribution < 1.29 is 14.3 Å². The number of hydrogen-bond acceptors (Lipinski definition) is 4. The first kappa shape index (κ1) is 44.2. The number of amides is 1. The van der Waals surface area contributed by atoms with Crippen molar-refractivity contribution in [3.8, 4) is 11.5 Å². The van der Waals surface area contributed by atoms with Crippen LogP contribution in [0.2, 0.25) is 0 Å². The van der Waals surface area contributed by atoms with Gasteiger partial charge >= 0.3 is 0 Å². The van der Waals surface area contributed by atoms with Crippen LogP contribution in [0.15, 0.2) is 88.9 Å². The topological polar surface area (TPSA) is 59.9 Å². The fraction of sp³-hybridized carbons (Fsp3) is 0.511. The van der Waals surface area contributed by atoms with Gasteiger partial charge in [0.1, 0.15) is 0 Å². The van der Waals surface area contributed by atoms with E-state index in [0.29, 0.717) is 24.3 Å². The fourth-order valence-electron chi connectivity index (χ4n) is 5.64. The van der Waals surface area contributed by atoms with Crippen molar-refractivity contribution >= 4 is 17.3 Å². The van der Waals surface area contributed by atoms with E-state index < -0.39 is 0 Å². The summed E-state index contributed by atoms with van der Waals surface area (Å²) in [5, 5.41) is 3.04. The molecule has 0 spiro atoms. The minimum atomic E-state index is -0.0956. The lowest BCUT2D eigenvalue weighted by molar-refractivity contribution is -0.117. The summed E-state index contributed by atoms with van der Waals surface area (Å²) in [7, 11) is 0. The van der Waals surface area contributed by atoms with Gasteiger partial charge in [0.05, 0.1) is 11.4 Å². The second-order valence-corrected chi connectivity index (χ2v) is 12.7. The van der Waals surface area contributed by atoms with Crippen LogP contribution < -0.4 is 14.8 Å². The van der Waals surface area contributed by atoms with Gasteiger partial charge in [-0.25, -0.2) is 4.99 Å². The molecule has 3 aromatic rings. The van der Waals surface area contributed by atoms with E-state index in [2.05, 4.69) is 39.9 Å². The van der Waals surface area contributed by atoms with Gasteiger partial charge in [-0.05, 0) is 49.0 Å². The Morgan fingerprint density at radius 2 is 1.32 bits per heavy atom. The molecule has 0 aromatic heterocycles. The number of rotatable bonds is 15. The molecule has 1 amide bonds. The monoisotopic (exact) mass is 685 g/mol. The Balaban J connectivity index is 0.000000611. The van der Waals surface area contributed by atoms with Crippen molar-refractivity contribution in [2.45, 2.75) is 140 Å². The van der Waals surface area contributed by atoms with Crippen molar-refractivity contribution in [3.63, 3.8) is 0 Å². The molecule has 0 atom stereocenters. The van der Waals surface area contributed by atoms with Gasteiger partial charge in [0.25, 0.3) is 0 Å². The Morgan fingerprint density at radius 3 is 1.84 bits per heavy atom. The van der Waals surface area contributed by atoms with Gasteiger partial charge in [-0.15, -0.1) is 0 Å². The maximum Gasteiger partial charge on any atom is 0.247 e. The third kappa shape index (κ3) is 16.2. The largest absolute Gasteiger partial charge is 0.454 e. The quantitative estimate of drug-likeness (QED) is 0.0984. The van der Waals surface area contributed by atoms with E-state index in [1.807, 2.05) is 107 Å². The summed E-state index contributed by atoms with van der Waals surface area (Å²) in [6, 6.07) is 23.7. The van der Waals surface area contributed by atoms with Crippen molar-refractivity contribution in [1.82, 2.24) is 5.32 Å². The molecular formula is C45H68N2O3. The number of hydrogen-bond donors (Lipinski definition) is 1. The number of aryl methyl sites for hydroxylation is 1. The van der Waals surface area contributed by atoms with E-state index in [1.165, 1.54) is 57.8 Å². The zero-order chi connectivity index (χ0) is 37.1. The first-order valence-corrected chi connectivity index (χ1v) is 19.4. The maximum atomic E-state index is 13.1. The highest BCUT2D eigenvalue weighted by Crippen LogP contribution is 2.38. The number of allylic oxidation sites excluding steroid dienone is 1. The van der Waals surface area contributed by atoms with Crippen LogP contribution in [0.5, 0.6) is 11.5 Å². The average molecular weight is 685 g/mol. The number of benzene rings is 3. The van der Waals surface area contributed by atoms with E-state index in [9.17, 15) is 4.79 Å². The number of unbranched alkanes of at least 4 members (excludes halogenated alkanes) is 4. The van der Waals surface area contributed by atoms with Crippen LogP contribution in [-0.4, -0.2) is 18.4 Å². The summed E-state index contributed by atoms with van der Waals surface area (Å²) >= 11 is 0. The summed E-state index contributed by atoms with van der Waals surface area (Å²) < 4.78 is 11.1. The third-order valence-corrected chi connectivity index (χ3v) is 8.47. The van der Waals surface area contributed by atoms with Crippen LogP contribution >= 0.6 is 0 Å².